The molecule has 0 N–H and O–H groups in total. The van der Waals surface area contributed by atoms with Crippen LogP contribution in [0.3, 0.4) is 0 Å². The molecule has 0 fully saturated rings. The molecule has 0 bridgehead atoms. The summed E-state index contributed by atoms with van der Waals surface area (Å²) in [5, 5.41) is 7.83. The summed E-state index contributed by atoms with van der Waals surface area (Å²) in [6, 6.07) is 54.6. The van der Waals surface area contributed by atoms with Gasteiger partial charge in [0, 0.05) is 26.3 Å². The molecule has 0 saturated carbocycles. The predicted molar refractivity (Wildman–Crippen MR) is 224 cm³/mol. The van der Waals surface area contributed by atoms with Crippen LogP contribution in [0.2, 0.25) is 0 Å². The highest BCUT2D eigenvalue weighted by Crippen LogP contribution is 2.58. The molecule has 5 heteroatoms. The van der Waals surface area contributed by atoms with E-state index < -0.39 is 0 Å². The number of anilines is 3. The van der Waals surface area contributed by atoms with Crippen LogP contribution in [0.25, 0.3) is 66.2 Å². The molecule has 8 aromatic carbocycles. The van der Waals surface area contributed by atoms with E-state index in [-0.39, 0.29) is 5.41 Å². The van der Waals surface area contributed by atoms with Gasteiger partial charge in [0.1, 0.15) is 0 Å². The number of para-hydroxylation sites is 1. The van der Waals surface area contributed by atoms with Gasteiger partial charge in [0.2, 0.25) is 5.95 Å². The van der Waals surface area contributed by atoms with Crippen molar-refractivity contribution in [2.45, 2.75) is 36.0 Å². The monoisotopic (exact) mass is 710 g/mol. The van der Waals surface area contributed by atoms with Crippen molar-refractivity contribution in [3.8, 4) is 33.9 Å². The number of rotatable bonds is 3. The van der Waals surface area contributed by atoms with Gasteiger partial charge in [-0.1, -0.05) is 146 Å². The van der Waals surface area contributed by atoms with E-state index >= 15 is 0 Å². The van der Waals surface area contributed by atoms with Gasteiger partial charge in [-0.2, -0.15) is 9.97 Å². The van der Waals surface area contributed by atoms with E-state index in [9.17, 15) is 0 Å². The summed E-state index contributed by atoms with van der Waals surface area (Å²) in [6.45, 7) is 6.94. The summed E-state index contributed by atoms with van der Waals surface area (Å²) in [4.78, 5) is 20.0. The smallest absolute Gasteiger partial charge is 0.238 e. The van der Waals surface area contributed by atoms with Gasteiger partial charge in [0.25, 0.3) is 0 Å². The van der Waals surface area contributed by atoms with E-state index in [1.54, 1.807) is 0 Å². The van der Waals surface area contributed by atoms with Gasteiger partial charge in [0.15, 0.2) is 11.6 Å². The maximum atomic E-state index is 5.22. The van der Waals surface area contributed by atoms with Crippen molar-refractivity contribution >= 4 is 61.4 Å². The first-order valence-electron chi connectivity index (χ1n) is 18.4. The molecule has 0 saturated heterocycles. The van der Waals surface area contributed by atoms with Crippen LogP contribution in [0.4, 0.5) is 17.3 Å². The standard InChI is InChI=1S/C49H34N4S/c1-29-22-23-34-35(24-29)32-18-10-11-19-33(32)36-25-38-39-27-45-43(28-41(39)49(2,3)40(38)26-37(34)36)53(42-20-12-13-21-44(42)54-45)48-51-46(30-14-6-4-7-15-30)50-47(52-48)31-16-8-5-9-17-31/h4-28H,1-3H3. The van der Waals surface area contributed by atoms with E-state index in [0.29, 0.717) is 17.6 Å². The summed E-state index contributed by atoms with van der Waals surface area (Å²) < 4.78 is 0. The van der Waals surface area contributed by atoms with Crippen LogP contribution in [-0.4, -0.2) is 15.0 Å². The highest BCUT2D eigenvalue weighted by molar-refractivity contribution is 7.99. The largest absolute Gasteiger partial charge is 0.277 e. The zero-order chi connectivity index (χ0) is 36.1. The zero-order valence-electron chi connectivity index (χ0n) is 30.1. The van der Waals surface area contributed by atoms with Gasteiger partial charge < -0.3 is 0 Å². The molecule has 1 aromatic heterocycles. The van der Waals surface area contributed by atoms with Crippen molar-refractivity contribution in [1.82, 2.24) is 15.0 Å². The quantitative estimate of drug-likeness (QED) is 0.171. The minimum atomic E-state index is -0.243. The molecule has 4 nitrogen and oxygen atoms in total. The van der Waals surface area contributed by atoms with E-state index in [1.165, 1.54) is 65.0 Å². The van der Waals surface area contributed by atoms with Gasteiger partial charge in [0.05, 0.1) is 11.4 Å². The van der Waals surface area contributed by atoms with Crippen LogP contribution in [-0.2, 0) is 5.41 Å². The van der Waals surface area contributed by atoms with Crippen molar-refractivity contribution in [1.29, 1.82) is 0 Å². The average Bonchev–Trinajstić information content (AvgIpc) is 3.43. The Morgan fingerprint density at radius 2 is 1.02 bits per heavy atom. The maximum Gasteiger partial charge on any atom is 0.238 e. The second-order valence-corrected chi connectivity index (χ2v) is 16.0. The van der Waals surface area contributed by atoms with Crippen LogP contribution < -0.4 is 4.90 Å². The van der Waals surface area contributed by atoms with Gasteiger partial charge in [-0.3, -0.25) is 4.90 Å². The Kier molecular flexibility index (Phi) is 6.71. The van der Waals surface area contributed by atoms with Crippen molar-refractivity contribution in [3.63, 3.8) is 0 Å². The van der Waals surface area contributed by atoms with E-state index in [4.69, 9.17) is 15.0 Å². The lowest BCUT2D eigenvalue weighted by atomic mass is 9.81. The molecule has 1 aliphatic carbocycles. The van der Waals surface area contributed by atoms with Crippen LogP contribution in [0, 0.1) is 6.92 Å². The molecule has 2 heterocycles. The minimum absolute atomic E-state index is 0.243. The molecule has 0 amide bonds. The summed E-state index contributed by atoms with van der Waals surface area (Å²) in [5.74, 6) is 1.89. The van der Waals surface area contributed by atoms with Crippen LogP contribution in [0.1, 0.15) is 30.5 Å². The van der Waals surface area contributed by atoms with Crippen molar-refractivity contribution < 1.29 is 0 Å². The molecule has 9 aromatic rings. The fraction of sp³-hybridized carbons (Fsp3) is 0.0816. The molecule has 1 aliphatic heterocycles. The summed E-state index contributed by atoms with van der Waals surface area (Å²) in [6.07, 6.45) is 0. The summed E-state index contributed by atoms with van der Waals surface area (Å²) in [5.41, 5.74) is 10.3. The van der Waals surface area contributed by atoms with Crippen LogP contribution >= 0.6 is 11.8 Å². The van der Waals surface area contributed by atoms with E-state index in [0.717, 1.165) is 27.4 Å². The van der Waals surface area contributed by atoms with Crippen LogP contribution in [0.5, 0.6) is 0 Å². The lowest BCUT2D eigenvalue weighted by molar-refractivity contribution is 0.660. The van der Waals surface area contributed by atoms with Crippen LogP contribution in [0.15, 0.2) is 161 Å². The fourth-order valence-corrected chi connectivity index (χ4v) is 9.73. The molecular weight excluding hydrogens is 677 g/mol. The van der Waals surface area contributed by atoms with Crippen molar-refractivity contribution in [2.75, 3.05) is 4.90 Å². The number of benzene rings is 8. The molecule has 2 aliphatic rings. The molecular formula is C49H34N4S. The maximum absolute atomic E-state index is 5.22. The van der Waals surface area contributed by atoms with Crippen molar-refractivity contribution in [3.05, 3.63) is 168 Å². The lowest BCUT2D eigenvalue weighted by Gasteiger charge is -2.33. The Morgan fingerprint density at radius 3 is 1.72 bits per heavy atom. The zero-order valence-corrected chi connectivity index (χ0v) is 30.9. The number of hydrogen-bond donors (Lipinski definition) is 0. The second kappa shape index (κ2) is 11.6. The van der Waals surface area contributed by atoms with Gasteiger partial charge >= 0.3 is 0 Å². The summed E-state index contributed by atoms with van der Waals surface area (Å²) in [7, 11) is 0. The number of nitrogens with zero attached hydrogens (tertiary/aromatic N) is 4. The number of fused-ring (bicyclic) bond motifs is 11. The molecule has 0 atom stereocenters. The van der Waals surface area contributed by atoms with Gasteiger partial charge in [-0.05, 0) is 97.9 Å². The first-order valence-corrected chi connectivity index (χ1v) is 19.3. The highest BCUT2D eigenvalue weighted by atomic mass is 32.2. The highest BCUT2D eigenvalue weighted by Gasteiger charge is 2.39. The van der Waals surface area contributed by atoms with Crippen molar-refractivity contribution in [2.24, 2.45) is 0 Å². The third-order valence-corrected chi connectivity index (χ3v) is 12.4. The summed E-state index contributed by atoms with van der Waals surface area (Å²) >= 11 is 1.82. The fourth-order valence-electron chi connectivity index (χ4n) is 8.65. The molecule has 0 unspecified atom stereocenters. The number of aromatic nitrogens is 3. The minimum Gasteiger partial charge on any atom is -0.277 e. The predicted octanol–water partition coefficient (Wildman–Crippen LogP) is 13.2. The number of aryl methyl sites for hydroxylation is 1. The van der Waals surface area contributed by atoms with E-state index in [2.05, 4.69) is 141 Å². The molecule has 54 heavy (non-hydrogen) atoms. The lowest BCUT2D eigenvalue weighted by Crippen LogP contribution is -2.20. The SMILES string of the molecule is Cc1ccc2c(c1)c1ccccc1c1cc3c(cc21)C(C)(C)c1cc2c(cc1-3)Sc1ccccc1N2c1nc(-c2ccccc2)nc(-c2ccccc2)n1. The van der Waals surface area contributed by atoms with Gasteiger partial charge in [-0.25, -0.2) is 4.98 Å². The first-order chi connectivity index (χ1) is 26.4. The Hall–Kier alpha value is -6.30. The topological polar surface area (TPSA) is 41.9 Å². The molecule has 11 rings (SSSR count). The van der Waals surface area contributed by atoms with Gasteiger partial charge in [-0.15, -0.1) is 0 Å². The Bertz CT molecular complexity index is 2950. The Balaban J connectivity index is 1.16. The third kappa shape index (κ3) is 4.61. The molecule has 256 valence electrons. The first kappa shape index (κ1) is 31.2. The van der Waals surface area contributed by atoms with E-state index in [1.807, 2.05) is 48.2 Å². The Labute approximate surface area is 318 Å². The average molecular weight is 711 g/mol. The third-order valence-electron chi connectivity index (χ3n) is 11.3. The Morgan fingerprint density at radius 1 is 0.463 bits per heavy atom. The molecule has 0 spiro atoms. The second-order valence-electron chi connectivity index (χ2n) is 14.9. The number of hydrogen-bond acceptors (Lipinski definition) is 5. The normalized spacial score (nSPS) is 13.9. The molecule has 0 radical (unpaired) electrons.